The van der Waals surface area contributed by atoms with E-state index in [9.17, 15) is 0 Å². The predicted molar refractivity (Wildman–Crippen MR) is 381 cm³/mol. The fraction of sp³-hybridized carbons (Fsp3) is 0.0476. The summed E-state index contributed by atoms with van der Waals surface area (Å²) < 4.78 is 2.47. The molecular weight excluding hydrogens is 1080 g/mol. The van der Waals surface area contributed by atoms with Crippen LogP contribution < -0.4 is 31.1 Å². The van der Waals surface area contributed by atoms with Gasteiger partial charge < -0.3 is 19.3 Å². The molecule has 18 rings (SSSR count). The van der Waals surface area contributed by atoms with Gasteiger partial charge in [0.2, 0.25) is 0 Å². The summed E-state index contributed by atoms with van der Waals surface area (Å²) in [7, 11) is 0. The molecule has 2 aliphatic heterocycles. The molecule has 1 aromatic heterocycles. The topological polar surface area (TPSA) is 14.7 Å². The van der Waals surface area contributed by atoms with Gasteiger partial charge in [0.1, 0.15) is 0 Å². The van der Waals surface area contributed by atoms with Crippen molar-refractivity contribution in [2.75, 3.05) is 14.7 Å². The highest BCUT2D eigenvalue weighted by Gasteiger charge is 2.45. The molecule has 0 unspecified atom stereocenters. The van der Waals surface area contributed by atoms with E-state index in [0.717, 1.165) is 39.8 Å². The quantitative estimate of drug-likeness (QED) is 0.0898. The summed E-state index contributed by atoms with van der Waals surface area (Å²) in [4.78, 5) is 7.73. The van der Waals surface area contributed by atoms with Gasteiger partial charge in [-0.25, -0.2) is 0 Å². The Morgan fingerprint density at radius 2 is 0.831 bits per heavy atom. The van der Waals surface area contributed by atoms with Gasteiger partial charge >= 0.3 is 0 Å². The van der Waals surface area contributed by atoms with E-state index < -0.39 is 0 Å². The van der Waals surface area contributed by atoms with Gasteiger partial charge in [0.05, 0.1) is 22.4 Å². The molecule has 2 aliphatic rings. The second-order valence-corrected chi connectivity index (χ2v) is 25.2. The van der Waals surface area contributed by atoms with Gasteiger partial charge in [-0.2, -0.15) is 0 Å². The van der Waals surface area contributed by atoms with Crippen LogP contribution in [0.2, 0.25) is 0 Å². The maximum Gasteiger partial charge on any atom is 0.252 e. The highest BCUT2D eigenvalue weighted by molar-refractivity contribution is 7.00. The maximum atomic E-state index is 2.62. The molecule has 0 aliphatic carbocycles. The zero-order chi connectivity index (χ0) is 59.1. The summed E-state index contributed by atoms with van der Waals surface area (Å²) in [5.41, 5.74) is 20.9. The fourth-order valence-corrected chi connectivity index (χ4v) is 15.1. The van der Waals surface area contributed by atoms with Crippen molar-refractivity contribution in [2.24, 2.45) is 0 Å². The number of hydrogen-bond acceptors (Lipinski definition) is 3. The summed E-state index contributed by atoms with van der Waals surface area (Å²) in [6.45, 7) is 6.95. The molecule has 0 saturated carbocycles. The Morgan fingerprint density at radius 3 is 1.53 bits per heavy atom. The van der Waals surface area contributed by atoms with Crippen molar-refractivity contribution in [3.8, 4) is 16.8 Å². The van der Waals surface area contributed by atoms with Crippen LogP contribution in [0, 0.1) is 0 Å². The standard InChI is InChI=1S/C84H59BN4/c1-84(2,3)59-50-80-83-81(51-59)89(74-38-20-27-56-24-12-13-30-64(56)74)79-53-63(88-75-36-18-16-33-67(75)68-34-17-19-37-76(68)88)45-47-73(79)85(83)72-46-44-62(52-78(72)87(80)61-42-40-55(41-43-61)54-22-6-4-7-23-54)86(60-28-8-5-9-29-60)77-39-21-35-69-65-31-14-15-32-66(65)70-48-57-25-10-11-26-58(57)49-71(70)82(69)77/h4-53H,1-3H3. The van der Waals surface area contributed by atoms with Crippen molar-refractivity contribution < 1.29 is 0 Å². The maximum absolute atomic E-state index is 2.62. The molecule has 0 radical (unpaired) electrons. The fourth-order valence-electron chi connectivity index (χ4n) is 15.1. The minimum absolute atomic E-state index is 0.141. The molecule has 418 valence electrons. The third kappa shape index (κ3) is 7.88. The Morgan fingerprint density at radius 1 is 0.315 bits per heavy atom. The van der Waals surface area contributed by atoms with Gasteiger partial charge in [-0.15, -0.1) is 0 Å². The van der Waals surface area contributed by atoms with Crippen LogP contribution >= 0.6 is 0 Å². The lowest BCUT2D eigenvalue weighted by Gasteiger charge is -2.45. The van der Waals surface area contributed by atoms with Crippen molar-refractivity contribution in [3.63, 3.8) is 0 Å². The van der Waals surface area contributed by atoms with Crippen LogP contribution in [0.15, 0.2) is 303 Å². The van der Waals surface area contributed by atoms with E-state index in [0.29, 0.717) is 0 Å². The van der Waals surface area contributed by atoms with Crippen LogP contribution in [-0.2, 0) is 5.41 Å². The second kappa shape index (κ2) is 19.7. The van der Waals surface area contributed by atoms with Crippen molar-refractivity contribution in [3.05, 3.63) is 309 Å². The Kier molecular flexibility index (Phi) is 11.3. The number of aromatic nitrogens is 1. The summed E-state index contributed by atoms with van der Waals surface area (Å²) in [5.74, 6) is 0. The summed E-state index contributed by atoms with van der Waals surface area (Å²) in [6.07, 6.45) is 0. The van der Waals surface area contributed by atoms with Gasteiger partial charge in [0.15, 0.2) is 0 Å². The molecule has 0 amide bonds. The lowest BCUT2D eigenvalue weighted by atomic mass is 9.33. The van der Waals surface area contributed by atoms with Crippen molar-refractivity contribution in [1.82, 2.24) is 4.57 Å². The lowest BCUT2D eigenvalue weighted by molar-refractivity contribution is 0.590. The number of hydrogen-bond donors (Lipinski definition) is 0. The number of benzene rings is 15. The molecule has 89 heavy (non-hydrogen) atoms. The molecular formula is C84H59BN4. The second-order valence-electron chi connectivity index (χ2n) is 25.2. The van der Waals surface area contributed by atoms with Crippen molar-refractivity contribution in [2.45, 2.75) is 26.2 Å². The number of fused-ring (bicyclic) bond motifs is 15. The zero-order valence-corrected chi connectivity index (χ0v) is 49.7. The van der Waals surface area contributed by atoms with Gasteiger partial charge in [-0.1, -0.05) is 227 Å². The highest BCUT2D eigenvalue weighted by Crippen LogP contribution is 2.51. The predicted octanol–water partition coefficient (Wildman–Crippen LogP) is 21.1. The highest BCUT2D eigenvalue weighted by atomic mass is 15.2. The Labute approximate surface area is 518 Å². The molecule has 0 N–H and O–H groups in total. The molecule has 3 heterocycles. The van der Waals surface area contributed by atoms with Gasteiger partial charge in [-0.05, 0) is 179 Å². The van der Waals surface area contributed by atoms with Crippen LogP contribution in [0.5, 0.6) is 0 Å². The van der Waals surface area contributed by atoms with Crippen LogP contribution in [0.25, 0.3) is 92.5 Å². The molecule has 5 heteroatoms. The zero-order valence-electron chi connectivity index (χ0n) is 49.7. The van der Waals surface area contributed by atoms with E-state index in [2.05, 4.69) is 343 Å². The molecule has 15 aromatic carbocycles. The van der Waals surface area contributed by atoms with E-state index in [1.165, 1.54) is 126 Å². The normalized spacial score (nSPS) is 12.8. The largest absolute Gasteiger partial charge is 0.311 e. The van der Waals surface area contributed by atoms with E-state index in [1.54, 1.807) is 0 Å². The molecule has 0 saturated heterocycles. The van der Waals surface area contributed by atoms with Crippen LogP contribution in [-0.4, -0.2) is 11.3 Å². The molecule has 0 spiro atoms. The molecule has 4 nitrogen and oxygen atoms in total. The van der Waals surface area contributed by atoms with Crippen LogP contribution in [0.3, 0.4) is 0 Å². The van der Waals surface area contributed by atoms with Gasteiger partial charge in [0, 0.05) is 67.0 Å². The van der Waals surface area contributed by atoms with Crippen molar-refractivity contribution in [1.29, 1.82) is 0 Å². The van der Waals surface area contributed by atoms with Crippen LogP contribution in [0.4, 0.5) is 51.2 Å². The lowest BCUT2D eigenvalue weighted by Crippen LogP contribution is -2.61. The third-order valence-electron chi connectivity index (χ3n) is 19.2. The smallest absolute Gasteiger partial charge is 0.252 e. The molecule has 0 atom stereocenters. The Hall–Kier alpha value is -11.1. The molecule has 0 fully saturated rings. The summed E-state index contributed by atoms with van der Waals surface area (Å²) in [5, 5.41) is 14.8. The van der Waals surface area contributed by atoms with E-state index in [-0.39, 0.29) is 12.1 Å². The summed E-state index contributed by atoms with van der Waals surface area (Å²) in [6, 6.07) is 114. The monoisotopic (exact) mass is 1130 g/mol. The van der Waals surface area contributed by atoms with E-state index in [4.69, 9.17) is 0 Å². The van der Waals surface area contributed by atoms with Gasteiger partial charge in [0.25, 0.3) is 6.71 Å². The average molecular weight is 1140 g/mol. The number of para-hydroxylation sites is 3. The SMILES string of the molecule is CC(C)(C)c1cc2c3c(c1)N(c1cccc4ccccc14)c1cc(-n4c5ccccc5c5ccccc54)ccc1B3c1ccc(N(c3ccccc3)c3cccc4c5ccccc5c5cc6ccccc6cc5c34)cc1N2c1ccc(-c2ccccc2)cc1. The minimum Gasteiger partial charge on any atom is -0.311 e. The number of rotatable bonds is 7. The average Bonchev–Trinajstić information content (AvgIpc) is 1.08. The Balaban J connectivity index is 0.940. The van der Waals surface area contributed by atoms with Crippen LogP contribution in [0.1, 0.15) is 26.3 Å². The Bertz CT molecular complexity index is 5510. The molecule has 16 aromatic rings. The number of anilines is 9. The minimum atomic E-state index is -0.224. The van der Waals surface area contributed by atoms with Crippen molar-refractivity contribution >= 4 is 150 Å². The summed E-state index contributed by atoms with van der Waals surface area (Å²) >= 11 is 0. The first-order valence-corrected chi connectivity index (χ1v) is 31.1. The van der Waals surface area contributed by atoms with E-state index in [1.807, 2.05) is 0 Å². The first-order valence-electron chi connectivity index (χ1n) is 31.1. The first kappa shape index (κ1) is 51.1. The third-order valence-corrected chi connectivity index (χ3v) is 19.2. The molecule has 0 bridgehead atoms. The first-order chi connectivity index (χ1) is 43.8. The number of nitrogens with zero attached hydrogens (tertiary/aromatic N) is 4. The van der Waals surface area contributed by atoms with E-state index >= 15 is 0 Å². The van der Waals surface area contributed by atoms with Gasteiger partial charge in [-0.3, -0.25) is 0 Å².